The van der Waals surface area contributed by atoms with Crippen LogP contribution in [-0.2, 0) is 0 Å². The molecule has 0 aliphatic carbocycles. The van der Waals surface area contributed by atoms with Crippen LogP contribution in [0.2, 0.25) is 0 Å². The monoisotopic (exact) mass is 181 g/mol. The van der Waals surface area contributed by atoms with Crippen LogP contribution in [0.15, 0.2) is 23.0 Å². The maximum atomic E-state index is 12.6. The van der Waals surface area contributed by atoms with Gasteiger partial charge in [-0.25, -0.2) is 9.18 Å². The number of H-pyrrole nitrogens is 1. The third-order valence-electron chi connectivity index (χ3n) is 1.58. The largest absolute Gasteiger partial charge is 0.595 e. The summed E-state index contributed by atoms with van der Waals surface area (Å²) in [6, 6.07) is 3.41. The van der Waals surface area contributed by atoms with Crippen LogP contribution < -0.4 is 10.5 Å². The molecule has 13 heavy (non-hydrogen) atoms. The number of hydrogen-bond acceptors (Lipinski definition) is 3. The summed E-state index contributed by atoms with van der Waals surface area (Å²) >= 11 is 0. The van der Waals surface area contributed by atoms with Crippen molar-refractivity contribution in [2.45, 2.75) is 0 Å². The van der Waals surface area contributed by atoms with Gasteiger partial charge < -0.3 is 5.21 Å². The lowest BCUT2D eigenvalue weighted by molar-refractivity contribution is -0.644. The van der Waals surface area contributed by atoms with E-state index in [0.717, 1.165) is 12.1 Å². The highest BCUT2D eigenvalue weighted by molar-refractivity contribution is 5.69. The van der Waals surface area contributed by atoms with Gasteiger partial charge in [0.15, 0.2) is 0 Å². The van der Waals surface area contributed by atoms with Crippen LogP contribution >= 0.6 is 0 Å². The van der Waals surface area contributed by atoms with Crippen molar-refractivity contribution in [2.24, 2.45) is 0 Å². The first kappa shape index (κ1) is 7.66. The van der Waals surface area contributed by atoms with Crippen LogP contribution in [0.5, 0.6) is 0 Å². The van der Waals surface area contributed by atoms with Gasteiger partial charge in [-0.3, -0.25) is 0 Å². The average molecular weight is 181 g/mol. The van der Waals surface area contributed by atoms with Crippen LogP contribution in [-0.4, -0.2) is 10.1 Å². The van der Waals surface area contributed by atoms with E-state index >= 15 is 0 Å². The van der Waals surface area contributed by atoms with Gasteiger partial charge in [-0.15, -0.1) is 0 Å². The molecule has 6 heteroatoms. The summed E-state index contributed by atoms with van der Waals surface area (Å²) in [5, 5.41) is 12.9. The molecule has 2 rings (SSSR count). The smallest absolute Gasteiger partial charge is 0.395 e. The molecule has 0 aliphatic heterocycles. The van der Waals surface area contributed by atoms with Gasteiger partial charge in [0.25, 0.3) is 5.52 Å². The minimum Gasteiger partial charge on any atom is -0.595 e. The second kappa shape index (κ2) is 2.51. The first-order valence-electron chi connectivity index (χ1n) is 3.46. The molecule has 0 amide bonds. The van der Waals surface area contributed by atoms with Gasteiger partial charge >= 0.3 is 5.69 Å². The number of nitrogens with zero attached hydrogens (tertiary/aromatic N) is 2. The van der Waals surface area contributed by atoms with Gasteiger partial charge in [0.2, 0.25) is 0 Å². The molecule has 0 bridgehead atoms. The molecule has 0 saturated heterocycles. The lowest BCUT2D eigenvalue weighted by Gasteiger charge is -1.97. The Labute approximate surface area is 71.0 Å². The summed E-state index contributed by atoms with van der Waals surface area (Å²) in [6.07, 6.45) is 0. The molecule has 1 aromatic carbocycles. The lowest BCUT2D eigenvalue weighted by Crippen LogP contribution is -2.39. The molecular weight excluding hydrogens is 177 g/mol. The van der Waals surface area contributed by atoms with Gasteiger partial charge in [-0.2, -0.15) is 4.98 Å². The number of nitrogens with one attached hydrogen (secondary N) is 1. The van der Waals surface area contributed by atoms with Crippen molar-refractivity contribution in [2.75, 3.05) is 0 Å². The lowest BCUT2D eigenvalue weighted by atomic mass is 10.3. The second-order valence-corrected chi connectivity index (χ2v) is 2.46. The Balaban J connectivity index is 2.95. The summed E-state index contributed by atoms with van der Waals surface area (Å²) in [5.41, 5.74) is -0.589. The van der Waals surface area contributed by atoms with Crippen molar-refractivity contribution in [1.29, 1.82) is 0 Å². The highest BCUT2D eigenvalue weighted by Crippen LogP contribution is 2.05. The number of benzene rings is 1. The first-order chi connectivity index (χ1) is 6.16. The molecule has 2 aromatic rings. The molecule has 1 N–H and O–H groups in total. The average Bonchev–Trinajstić information content (AvgIpc) is 2.06. The van der Waals surface area contributed by atoms with Crippen LogP contribution in [0, 0.1) is 11.0 Å². The van der Waals surface area contributed by atoms with Crippen molar-refractivity contribution in [3.63, 3.8) is 0 Å². The van der Waals surface area contributed by atoms with E-state index in [4.69, 9.17) is 0 Å². The standard InChI is InChI=1S/C7H4FN3O2/c8-4-1-2-5-6(3-4)11(13)10-7(12)9-5/h1-3H,(H,9,10,12). The van der Waals surface area contributed by atoms with Gasteiger partial charge in [0.1, 0.15) is 11.3 Å². The highest BCUT2D eigenvalue weighted by Gasteiger charge is 2.07. The fourth-order valence-corrected chi connectivity index (χ4v) is 1.04. The summed E-state index contributed by atoms with van der Waals surface area (Å²) in [6.45, 7) is 0. The molecule has 0 spiro atoms. The minimum absolute atomic E-state index is 0.000370. The molecule has 0 fully saturated rings. The van der Waals surface area contributed by atoms with Crippen LogP contribution in [0.4, 0.5) is 4.39 Å². The Morgan fingerprint density at radius 2 is 2.31 bits per heavy atom. The number of hydrogen-bond donors (Lipinski definition) is 1. The molecule has 5 nitrogen and oxygen atoms in total. The quantitative estimate of drug-likeness (QED) is 0.447. The summed E-state index contributed by atoms with van der Waals surface area (Å²) < 4.78 is 12.6. The molecule has 0 saturated carbocycles. The fourth-order valence-electron chi connectivity index (χ4n) is 1.04. The fraction of sp³-hybridized carbons (Fsp3) is 0. The van der Waals surface area contributed by atoms with E-state index < -0.39 is 11.5 Å². The van der Waals surface area contributed by atoms with Crippen molar-refractivity contribution in [3.8, 4) is 0 Å². The number of fused-ring (bicyclic) bond motifs is 1. The normalized spacial score (nSPS) is 10.5. The predicted octanol–water partition coefficient (Wildman–Crippen LogP) is -0.304. The highest BCUT2D eigenvalue weighted by atomic mass is 19.1. The van der Waals surface area contributed by atoms with Gasteiger partial charge in [0.05, 0.1) is 6.07 Å². The van der Waals surface area contributed by atoms with Crippen LogP contribution in [0.25, 0.3) is 11.0 Å². The van der Waals surface area contributed by atoms with E-state index in [0.29, 0.717) is 0 Å². The molecule has 0 aliphatic rings. The Hall–Kier alpha value is -1.98. The Kier molecular flexibility index (Phi) is 1.48. The summed E-state index contributed by atoms with van der Waals surface area (Å²) in [7, 11) is 0. The van der Waals surface area contributed by atoms with E-state index in [1.807, 2.05) is 5.10 Å². The minimum atomic E-state index is -0.755. The Morgan fingerprint density at radius 1 is 1.54 bits per heavy atom. The zero-order valence-electron chi connectivity index (χ0n) is 6.32. The van der Waals surface area contributed by atoms with Crippen molar-refractivity contribution in [1.82, 2.24) is 10.1 Å². The van der Waals surface area contributed by atoms with E-state index in [1.165, 1.54) is 6.07 Å². The van der Waals surface area contributed by atoms with Crippen LogP contribution in [0.3, 0.4) is 0 Å². The van der Waals surface area contributed by atoms with Crippen molar-refractivity contribution < 1.29 is 9.24 Å². The van der Waals surface area contributed by atoms with E-state index in [9.17, 15) is 14.4 Å². The number of aromatic amines is 1. The van der Waals surface area contributed by atoms with Gasteiger partial charge in [-0.05, 0) is 12.1 Å². The van der Waals surface area contributed by atoms with Gasteiger partial charge in [-0.1, -0.05) is 9.94 Å². The summed E-state index contributed by atoms with van der Waals surface area (Å²) in [5.74, 6) is -0.550. The number of aromatic nitrogens is 3. The SMILES string of the molecule is O=c1nc2ccc(F)cc2[n+]([O-])[nH]1. The summed E-state index contributed by atoms with van der Waals surface area (Å²) in [4.78, 5) is 14.4. The zero-order valence-corrected chi connectivity index (χ0v) is 6.32. The van der Waals surface area contributed by atoms with E-state index in [1.54, 1.807) is 0 Å². The molecule has 66 valence electrons. The Bertz CT molecular complexity index is 523. The van der Waals surface area contributed by atoms with E-state index in [2.05, 4.69) is 4.98 Å². The third-order valence-corrected chi connectivity index (χ3v) is 1.58. The van der Waals surface area contributed by atoms with Crippen LogP contribution in [0.1, 0.15) is 0 Å². The second-order valence-electron chi connectivity index (χ2n) is 2.46. The Morgan fingerprint density at radius 3 is 3.08 bits per heavy atom. The molecular formula is C7H4FN3O2. The predicted molar refractivity (Wildman–Crippen MR) is 41.3 cm³/mol. The number of halogens is 1. The van der Waals surface area contributed by atoms with E-state index in [-0.39, 0.29) is 15.9 Å². The molecule has 0 unspecified atom stereocenters. The maximum absolute atomic E-state index is 12.6. The van der Waals surface area contributed by atoms with Crippen molar-refractivity contribution >= 4 is 11.0 Å². The molecule has 1 aromatic heterocycles. The number of rotatable bonds is 0. The van der Waals surface area contributed by atoms with Crippen molar-refractivity contribution in [3.05, 3.63) is 39.7 Å². The third kappa shape index (κ3) is 1.22. The maximum Gasteiger partial charge on any atom is 0.395 e. The molecule has 1 heterocycles. The molecule has 0 radical (unpaired) electrons. The first-order valence-corrected chi connectivity index (χ1v) is 3.46. The topological polar surface area (TPSA) is 72.7 Å². The van der Waals surface area contributed by atoms with Gasteiger partial charge in [0, 0.05) is 0 Å². The zero-order chi connectivity index (χ0) is 9.42. The molecule has 0 atom stereocenters.